The molecule has 0 bridgehead atoms. The smallest absolute Gasteiger partial charge is 0.142 e. The molecule has 1 aliphatic heterocycles. The summed E-state index contributed by atoms with van der Waals surface area (Å²) in [6.07, 6.45) is 0.556. The van der Waals surface area contributed by atoms with E-state index in [0.29, 0.717) is 12.2 Å². The summed E-state index contributed by atoms with van der Waals surface area (Å²) in [5.74, 6) is 0.323. The molecular weight excluding hydrogens is 258 g/mol. The highest BCUT2D eigenvalue weighted by Gasteiger charge is 2.43. The number of nitrogens with one attached hydrogen (secondary N) is 1. The van der Waals surface area contributed by atoms with E-state index in [1.165, 1.54) is 11.1 Å². The zero-order chi connectivity index (χ0) is 14.9. The predicted octanol–water partition coefficient (Wildman–Crippen LogP) is 4.06. The molecule has 0 amide bonds. The van der Waals surface area contributed by atoms with Gasteiger partial charge in [-0.25, -0.2) is 0 Å². The van der Waals surface area contributed by atoms with Crippen LogP contribution in [0, 0.1) is 5.41 Å². The van der Waals surface area contributed by atoms with Crippen LogP contribution < -0.4 is 5.32 Å². The van der Waals surface area contributed by atoms with Crippen molar-refractivity contribution < 1.29 is 4.79 Å². The van der Waals surface area contributed by atoms with Crippen LogP contribution in [0.4, 0.5) is 0 Å². The number of carbonyl (C=O) groups is 1. The average molecular weight is 279 g/mol. The lowest BCUT2D eigenvalue weighted by Gasteiger charge is -2.42. The largest absolute Gasteiger partial charge is 0.302 e. The Morgan fingerprint density at radius 1 is 0.905 bits per heavy atom. The van der Waals surface area contributed by atoms with Crippen molar-refractivity contribution in [3.8, 4) is 0 Å². The van der Waals surface area contributed by atoms with Gasteiger partial charge in [-0.15, -0.1) is 0 Å². The monoisotopic (exact) mass is 279 g/mol. The average Bonchev–Trinajstić information content (AvgIpc) is 2.51. The van der Waals surface area contributed by atoms with E-state index in [1.807, 2.05) is 50.2 Å². The number of carbonyl (C=O) groups excluding carboxylic acids is 1. The van der Waals surface area contributed by atoms with Crippen LogP contribution in [0.2, 0.25) is 0 Å². The van der Waals surface area contributed by atoms with Crippen molar-refractivity contribution in [2.24, 2.45) is 5.41 Å². The van der Waals surface area contributed by atoms with E-state index in [4.69, 9.17) is 0 Å². The van der Waals surface area contributed by atoms with Crippen molar-refractivity contribution in [1.29, 1.82) is 0 Å². The summed E-state index contributed by atoms with van der Waals surface area (Å²) < 4.78 is 0. The Balaban J connectivity index is 1.95. The van der Waals surface area contributed by atoms with Crippen molar-refractivity contribution in [1.82, 2.24) is 5.32 Å². The summed E-state index contributed by atoms with van der Waals surface area (Å²) in [6.45, 7) is 4.09. The highest BCUT2D eigenvalue weighted by Crippen LogP contribution is 2.42. The molecule has 0 aliphatic carbocycles. The van der Waals surface area contributed by atoms with E-state index in [-0.39, 0.29) is 17.5 Å². The summed E-state index contributed by atoms with van der Waals surface area (Å²) in [5, 5.41) is 3.69. The molecule has 2 atom stereocenters. The Labute approximate surface area is 126 Å². The number of rotatable bonds is 2. The van der Waals surface area contributed by atoms with Crippen molar-refractivity contribution in [3.05, 3.63) is 71.8 Å². The molecule has 1 N–H and O–H groups in total. The molecule has 108 valence electrons. The summed E-state index contributed by atoms with van der Waals surface area (Å²) in [4.78, 5) is 12.6. The second-order valence-corrected chi connectivity index (χ2v) is 6.32. The van der Waals surface area contributed by atoms with Gasteiger partial charge in [0, 0.05) is 23.9 Å². The lowest BCUT2D eigenvalue weighted by molar-refractivity contribution is -0.132. The fraction of sp³-hybridized carbons (Fsp3) is 0.316. The first-order valence-corrected chi connectivity index (χ1v) is 7.48. The number of benzene rings is 2. The second-order valence-electron chi connectivity index (χ2n) is 6.32. The first-order chi connectivity index (χ1) is 10.1. The Morgan fingerprint density at radius 2 is 1.43 bits per heavy atom. The molecule has 2 heteroatoms. The van der Waals surface area contributed by atoms with Crippen LogP contribution in [0.5, 0.6) is 0 Å². The number of Topliss-reactive ketones (excluding diaryl/α,β-unsaturated/α-hetero) is 1. The lowest BCUT2D eigenvalue weighted by atomic mass is 9.71. The zero-order valence-corrected chi connectivity index (χ0v) is 12.5. The van der Waals surface area contributed by atoms with Crippen LogP contribution >= 0.6 is 0 Å². The molecule has 0 spiro atoms. The molecule has 2 aromatic carbocycles. The molecule has 3 rings (SSSR count). The van der Waals surface area contributed by atoms with Crippen LogP contribution in [-0.4, -0.2) is 5.78 Å². The van der Waals surface area contributed by atoms with Crippen LogP contribution in [-0.2, 0) is 4.79 Å². The highest BCUT2D eigenvalue weighted by atomic mass is 16.1. The quantitative estimate of drug-likeness (QED) is 0.898. The molecular formula is C19H21NO. The van der Waals surface area contributed by atoms with E-state index in [2.05, 4.69) is 29.6 Å². The minimum atomic E-state index is -0.382. The van der Waals surface area contributed by atoms with Crippen molar-refractivity contribution in [3.63, 3.8) is 0 Å². The first kappa shape index (κ1) is 14.0. The molecule has 2 unspecified atom stereocenters. The summed E-state index contributed by atoms with van der Waals surface area (Å²) >= 11 is 0. The van der Waals surface area contributed by atoms with Gasteiger partial charge in [0.1, 0.15) is 5.78 Å². The van der Waals surface area contributed by atoms with Gasteiger partial charge in [0.25, 0.3) is 0 Å². The number of hydrogen-bond donors (Lipinski definition) is 1. The summed E-state index contributed by atoms with van der Waals surface area (Å²) in [7, 11) is 0. The Bertz CT molecular complexity index is 619. The molecule has 1 fully saturated rings. The minimum absolute atomic E-state index is 0.0464. The van der Waals surface area contributed by atoms with Crippen molar-refractivity contribution in [2.75, 3.05) is 0 Å². The van der Waals surface area contributed by atoms with Crippen molar-refractivity contribution >= 4 is 5.78 Å². The van der Waals surface area contributed by atoms with Crippen molar-refractivity contribution in [2.45, 2.75) is 32.4 Å². The van der Waals surface area contributed by atoms with Gasteiger partial charge in [0.05, 0.1) is 0 Å². The first-order valence-electron chi connectivity index (χ1n) is 7.48. The lowest BCUT2D eigenvalue weighted by Crippen LogP contribution is -2.47. The third-order valence-electron chi connectivity index (χ3n) is 4.53. The van der Waals surface area contributed by atoms with Crippen LogP contribution in [0.1, 0.15) is 43.5 Å². The molecule has 0 aromatic heterocycles. The van der Waals surface area contributed by atoms with Gasteiger partial charge in [-0.3, -0.25) is 4.79 Å². The molecule has 21 heavy (non-hydrogen) atoms. The van der Waals surface area contributed by atoms with Gasteiger partial charge in [-0.1, -0.05) is 74.5 Å². The normalized spacial score (nSPS) is 24.8. The van der Waals surface area contributed by atoms with E-state index < -0.39 is 0 Å². The fourth-order valence-electron chi connectivity index (χ4n) is 3.14. The van der Waals surface area contributed by atoms with Crippen LogP contribution in [0.25, 0.3) is 0 Å². The predicted molar refractivity (Wildman–Crippen MR) is 84.9 cm³/mol. The molecule has 1 heterocycles. The standard InChI is InChI=1S/C19H21NO/c1-19(2)17(21)13-16(14-9-5-3-6-10-14)20-18(19)15-11-7-4-8-12-15/h3-12,16,18,20H,13H2,1-2H3. The number of piperidine rings is 1. The maximum absolute atomic E-state index is 12.6. The van der Waals surface area contributed by atoms with Gasteiger partial charge < -0.3 is 5.32 Å². The van der Waals surface area contributed by atoms with Gasteiger partial charge in [0.2, 0.25) is 0 Å². The third-order valence-corrected chi connectivity index (χ3v) is 4.53. The molecule has 0 radical (unpaired) electrons. The van der Waals surface area contributed by atoms with E-state index >= 15 is 0 Å². The van der Waals surface area contributed by atoms with Gasteiger partial charge in [-0.05, 0) is 11.1 Å². The molecule has 1 aliphatic rings. The maximum atomic E-state index is 12.6. The third kappa shape index (κ3) is 2.64. The van der Waals surface area contributed by atoms with E-state index in [1.54, 1.807) is 0 Å². The Hall–Kier alpha value is -1.93. The number of ketones is 1. The SMILES string of the molecule is CC1(C)C(=O)CC(c2ccccc2)NC1c1ccccc1. The van der Waals surface area contributed by atoms with E-state index in [0.717, 1.165) is 0 Å². The summed E-state index contributed by atoms with van der Waals surface area (Å²) in [6, 6.07) is 20.6. The topological polar surface area (TPSA) is 29.1 Å². The van der Waals surface area contributed by atoms with Crippen LogP contribution in [0.15, 0.2) is 60.7 Å². The van der Waals surface area contributed by atoms with E-state index in [9.17, 15) is 4.79 Å². The van der Waals surface area contributed by atoms with Gasteiger partial charge >= 0.3 is 0 Å². The Kier molecular flexibility index (Phi) is 3.64. The highest BCUT2D eigenvalue weighted by molar-refractivity contribution is 5.86. The van der Waals surface area contributed by atoms with Gasteiger partial charge in [0.15, 0.2) is 0 Å². The fourth-order valence-corrected chi connectivity index (χ4v) is 3.14. The van der Waals surface area contributed by atoms with Gasteiger partial charge in [-0.2, -0.15) is 0 Å². The zero-order valence-electron chi connectivity index (χ0n) is 12.5. The molecule has 2 aromatic rings. The maximum Gasteiger partial charge on any atom is 0.142 e. The summed E-state index contributed by atoms with van der Waals surface area (Å²) in [5.41, 5.74) is 1.98. The Morgan fingerprint density at radius 3 is 2.00 bits per heavy atom. The van der Waals surface area contributed by atoms with Crippen LogP contribution in [0.3, 0.4) is 0 Å². The number of hydrogen-bond acceptors (Lipinski definition) is 2. The second kappa shape index (κ2) is 5.45. The minimum Gasteiger partial charge on any atom is -0.302 e. The molecule has 0 saturated carbocycles. The molecule has 2 nitrogen and oxygen atoms in total. The molecule has 1 saturated heterocycles.